The number of hydrogen-bond acceptors (Lipinski definition) is 2. The molecule has 1 saturated heterocycles. The molecule has 2 aromatic carbocycles. The van der Waals surface area contributed by atoms with E-state index in [2.05, 4.69) is 10.3 Å². The van der Waals surface area contributed by atoms with Crippen molar-refractivity contribution in [2.45, 2.75) is 13.3 Å². The highest BCUT2D eigenvalue weighted by atomic mass is 19.2. The summed E-state index contributed by atoms with van der Waals surface area (Å²) in [5, 5.41) is 3.99. The number of rotatable bonds is 4. The van der Waals surface area contributed by atoms with Gasteiger partial charge in [-0.2, -0.15) is 0 Å². The van der Waals surface area contributed by atoms with Crippen LogP contribution in [0.25, 0.3) is 10.9 Å². The summed E-state index contributed by atoms with van der Waals surface area (Å²) in [7, 11) is 0. The highest BCUT2D eigenvalue weighted by Gasteiger charge is 2.24. The second kappa shape index (κ2) is 7.02. The van der Waals surface area contributed by atoms with Crippen LogP contribution in [0.3, 0.4) is 0 Å². The number of fused-ring (bicyclic) bond motifs is 1. The van der Waals surface area contributed by atoms with Gasteiger partial charge in [-0.3, -0.25) is 4.79 Å². The Kier molecular flexibility index (Phi) is 4.56. The molecule has 2 N–H and O–H groups in total. The minimum absolute atomic E-state index is 0.130. The highest BCUT2D eigenvalue weighted by Crippen LogP contribution is 2.25. The fourth-order valence-corrected chi connectivity index (χ4v) is 3.61. The van der Waals surface area contributed by atoms with Gasteiger partial charge in [0.05, 0.1) is 0 Å². The number of aromatic nitrogens is 1. The van der Waals surface area contributed by atoms with Crippen LogP contribution in [0.1, 0.15) is 22.5 Å². The lowest BCUT2D eigenvalue weighted by molar-refractivity contribution is 0.0944. The van der Waals surface area contributed by atoms with Crippen LogP contribution >= 0.6 is 0 Å². The van der Waals surface area contributed by atoms with Gasteiger partial charge in [0.15, 0.2) is 11.6 Å². The smallest absolute Gasteiger partial charge is 0.267 e. The Morgan fingerprint density at radius 3 is 2.85 bits per heavy atom. The van der Waals surface area contributed by atoms with E-state index in [4.69, 9.17) is 0 Å². The normalized spacial score (nSPS) is 16.9. The molecule has 1 aromatic heterocycles. The van der Waals surface area contributed by atoms with Crippen LogP contribution in [0.4, 0.5) is 14.5 Å². The van der Waals surface area contributed by atoms with Crippen molar-refractivity contribution in [1.82, 2.24) is 10.3 Å². The zero-order valence-corrected chi connectivity index (χ0v) is 15.1. The number of benzene rings is 2. The number of H-pyrrole nitrogens is 1. The molecule has 27 heavy (non-hydrogen) atoms. The van der Waals surface area contributed by atoms with Crippen molar-refractivity contribution in [2.75, 3.05) is 24.5 Å². The lowest BCUT2D eigenvalue weighted by Gasteiger charge is -2.19. The first-order chi connectivity index (χ1) is 13.0. The van der Waals surface area contributed by atoms with E-state index in [0.717, 1.165) is 35.5 Å². The molecule has 140 valence electrons. The Bertz CT molecular complexity index is 998. The van der Waals surface area contributed by atoms with E-state index in [-0.39, 0.29) is 11.8 Å². The second-order valence-corrected chi connectivity index (χ2v) is 7.18. The number of nitrogens with one attached hydrogen (secondary N) is 2. The molecule has 4 nitrogen and oxygen atoms in total. The third-order valence-electron chi connectivity index (χ3n) is 5.13. The van der Waals surface area contributed by atoms with Gasteiger partial charge in [-0.1, -0.05) is 12.1 Å². The number of hydrogen-bond donors (Lipinski definition) is 2. The summed E-state index contributed by atoms with van der Waals surface area (Å²) in [4.78, 5) is 17.6. The van der Waals surface area contributed by atoms with Crippen LogP contribution in [-0.2, 0) is 0 Å². The van der Waals surface area contributed by atoms with E-state index in [1.54, 1.807) is 6.07 Å². The van der Waals surface area contributed by atoms with Gasteiger partial charge in [-0.05, 0) is 49.1 Å². The Morgan fingerprint density at radius 1 is 1.19 bits per heavy atom. The summed E-state index contributed by atoms with van der Waals surface area (Å²) in [6.07, 6.45) is 0.894. The molecule has 1 aliphatic heterocycles. The fraction of sp³-hybridized carbons (Fsp3) is 0.286. The Hall–Kier alpha value is -2.89. The summed E-state index contributed by atoms with van der Waals surface area (Å²) < 4.78 is 26.5. The molecule has 3 aromatic rings. The van der Waals surface area contributed by atoms with Crippen LogP contribution in [0.2, 0.25) is 0 Å². The molecule has 6 heteroatoms. The molecule has 1 atom stereocenters. The number of carbonyl (C=O) groups excluding carboxylic acids is 1. The first-order valence-electron chi connectivity index (χ1n) is 9.07. The second-order valence-electron chi connectivity index (χ2n) is 7.18. The van der Waals surface area contributed by atoms with E-state index in [1.807, 2.05) is 36.1 Å². The summed E-state index contributed by atoms with van der Waals surface area (Å²) in [5.41, 5.74) is 3.31. The van der Waals surface area contributed by atoms with Gasteiger partial charge < -0.3 is 15.2 Å². The lowest BCUT2D eigenvalue weighted by Crippen LogP contribution is -2.31. The van der Waals surface area contributed by atoms with E-state index in [9.17, 15) is 13.6 Å². The van der Waals surface area contributed by atoms with Gasteiger partial charge >= 0.3 is 0 Å². The van der Waals surface area contributed by atoms with Crippen LogP contribution in [0.15, 0.2) is 42.5 Å². The number of carbonyl (C=O) groups is 1. The van der Waals surface area contributed by atoms with Crippen molar-refractivity contribution in [3.8, 4) is 0 Å². The lowest BCUT2D eigenvalue weighted by atomic mass is 10.1. The average molecular weight is 369 g/mol. The first kappa shape index (κ1) is 17.5. The maximum atomic E-state index is 13.4. The third-order valence-corrected chi connectivity index (χ3v) is 5.13. The van der Waals surface area contributed by atoms with Crippen molar-refractivity contribution in [2.24, 2.45) is 5.92 Å². The molecule has 2 heterocycles. The quantitative estimate of drug-likeness (QED) is 0.730. The van der Waals surface area contributed by atoms with Crippen LogP contribution < -0.4 is 10.2 Å². The molecule has 0 bridgehead atoms. The van der Waals surface area contributed by atoms with E-state index in [1.165, 1.54) is 6.07 Å². The number of anilines is 1. The third kappa shape index (κ3) is 3.65. The number of nitrogens with zero attached hydrogens (tertiary/aromatic N) is 1. The zero-order valence-electron chi connectivity index (χ0n) is 15.1. The summed E-state index contributed by atoms with van der Waals surface area (Å²) >= 11 is 0. The molecule has 0 spiro atoms. The van der Waals surface area contributed by atoms with Crippen LogP contribution in [0.5, 0.6) is 0 Å². The maximum Gasteiger partial charge on any atom is 0.267 e. The Labute approximate surface area is 156 Å². The van der Waals surface area contributed by atoms with Gasteiger partial charge in [-0.25, -0.2) is 8.78 Å². The largest absolute Gasteiger partial charge is 0.371 e. The maximum absolute atomic E-state index is 13.4. The summed E-state index contributed by atoms with van der Waals surface area (Å²) in [6, 6.07) is 11.8. The van der Waals surface area contributed by atoms with Gasteiger partial charge in [0, 0.05) is 42.3 Å². The van der Waals surface area contributed by atoms with E-state index < -0.39 is 11.6 Å². The fourth-order valence-electron chi connectivity index (χ4n) is 3.61. The monoisotopic (exact) mass is 369 g/mol. The topological polar surface area (TPSA) is 48.1 Å². The minimum Gasteiger partial charge on any atom is -0.371 e. The molecule has 1 aliphatic rings. The average Bonchev–Trinajstić information content (AvgIpc) is 3.28. The Morgan fingerprint density at radius 2 is 2.04 bits per heavy atom. The van der Waals surface area contributed by atoms with Crippen LogP contribution in [-0.4, -0.2) is 30.5 Å². The molecule has 0 saturated carbocycles. The molecular formula is C21H21F2N3O. The van der Waals surface area contributed by atoms with E-state index >= 15 is 0 Å². The molecular weight excluding hydrogens is 348 g/mol. The van der Waals surface area contributed by atoms with Crippen molar-refractivity contribution in [3.63, 3.8) is 0 Å². The summed E-state index contributed by atoms with van der Waals surface area (Å²) in [5.74, 6) is -1.53. The van der Waals surface area contributed by atoms with Crippen molar-refractivity contribution >= 4 is 22.5 Å². The van der Waals surface area contributed by atoms with Gasteiger partial charge in [0.25, 0.3) is 5.91 Å². The minimum atomic E-state index is -0.838. The molecule has 1 amide bonds. The Balaban J connectivity index is 1.35. The number of halogens is 2. The SMILES string of the molecule is Cc1ccc2cc(C(=O)NCC3CCN(c4ccc(F)c(F)c4)C3)[nH]c2c1. The molecule has 4 rings (SSSR count). The van der Waals surface area contributed by atoms with E-state index in [0.29, 0.717) is 24.5 Å². The molecule has 1 unspecified atom stereocenters. The van der Waals surface area contributed by atoms with Crippen LogP contribution in [0, 0.1) is 24.5 Å². The predicted molar refractivity (Wildman–Crippen MR) is 102 cm³/mol. The molecule has 0 aliphatic carbocycles. The predicted octanol–water partition coefficient (Wildman–Crippen LogP) is 4.01. The molecule has 0 radical (unpaired) electrons. The zero-order chi connectivity index (χ0) is 19.0. The summed E-state index contributed by atoms with van der Waals surface area (Å²) in [6.45, 7) is 4.03. The van der Waals surface area contributed by atoms with Gasteiger partial charge in [0.1, 0.15) is 5.69 Å². The molecule has 1 fully saturated rings. The van der Waals surface area contributed by atoms with Gasteiger partial charge in [0.2, 0.25) is 0 Å². The van der Waals surface area contributed by atoms with Crippen molar-refractivity contribution in [3.05, 3.63) is 65.4 Å². The number of aryl methyl sites for hydroxylation is 1. The van der Waals surface area contributed by atoms with Crippen molar-refractivity contribution < 1.29 is 13.6 Å². The standard InChI is InChI=1S/C21H21F2N3O/c1-13-2-3-15-9-20(25-19(15)8-13)21(27)24-11-14-6-7-26(12-14)16-4-5-17(22)18(23)10-16/h2-5,8-10,14,25H,6-7,11-12H2,1H3,(H,24,27). The van der Waals surface area contributed by atoms with Crippen molar-refractivity contribution in [1.29, 1.82) is 0 Å². The van der Waals surface area contributed by atoms with Gasteiger partial charge in [-0.15, -0.1) is 0 Å². The first-order valence-corrected chi connectivity index (χ1v) is 9.07. The number of aromatic amines is 1. The number of amides is 1. The highest BCUT2D eigenvalue weighted by molar-refractivity contribution is 5.98.